The molecule has 0 aromatic heterocycles. The molecule has 0 atom stereocenters. The van der Waals surface area contributed by atoms with Crippen molar-refractivity contribution in [2.45, 2.75) is 19.8 Å². The zero-order chi connectivity index (χ0) is 18.9. The number of carboxylic acids is 1. The molecule has 1 heterocycles. The second kappa shape index (κ2) is 9.65. The number of urea groups is 1. The zero-order valence-corrected chi connectivity index (χ0v) is 14.9. The molecule has 0 unspecified atom stereocenters. The Kier molecular flexibility index (Phi) is 7.25. The fourth-order valence-corrected chi connectivity index (χ4v) is 2.58. The minimum absolute atomic E-state index is 0.0234. The molecule has 0 bridgehead atoms. The van der Waals surface area contributed by atoms with Crippen molar-refractivity contribution in [2.24, 2.45) is 0 Å². The third-order valence-corrected chi connectivity index (χ3v) is 4.15. The van der Waals surface area contributed by atoms with Crippen LogP contribution in [0.4, 0.5) is 4.79 Å². The lowest BCUT2D eigenvalue weighted by atomic mass is 10.2. The highest BCUT2D eigenvalue weighted by Gasteiger charge is 2.24. The molecule has 1 fully saturated rings. The quantitative estimate of drug-likeness (QED) is 0.707. The molecule has 1 aliphatic rings. The molecule has 1 saturated heterocycles. The van der Waals surface area contributed by atoms with E-state index >= 15 is 0 Å². The van der Waals surface area contributed by atoms with Gasteiger partial charge in [-0.25, -0.2) is 4.79 Å². The SMILES string of the molecule is Cc1ccc(OCC(=O)N2CCN(C(=O)NCCCC(=O)O)CC2)cc1. The fourth-order valence-electron chi connectivity index (χ4n) is 2.58. The number of nitrogens with zero attached hydrogens (tertiary/aromatic N) is 2. The standard InChI is InChI=1S/C18H25N3O5/c1-14-4-6-15(7-5-14)26-13-16(22)20-9-11-21(12-10-20)18(25)19-8-2-3-17(23)24/h4-7H,2-3,8-13H2,1H3,(H,19,25)(H,23,24). The molecule has 0 spiro atoms. The maximum absolute atomic E-state index is 12.2. The van der Waals surface area contributed by atoms with Crippen molar-refractivity contribution in [2.75, 3.05) is 39.3 Å². The van der Waals surface area contributed by atoms with E-state index in [4.69, 9.17) is 9.84 Å². The van der Waals surface area contributed by atoms with E-state index in [0.717, 1.165) is 5.56 Å². The van der Waals surface area contributed by atoms with Crippen molar-refractivity contribution in [3.05, 3.63) is 29.8 Å². The van der Waals surface area contributed by atoms with Gasteiger partial charge in [-0.2, -0.15) is 0 Å². The lowest BCUT2D eigenvalue weighted by Gasteiger charge is -2.34. The minimum atomic E-state index is -0.876. The molecule has 2 rings (SSSR count). The van der Waals surface area contributed by atoms with E-state index in [0.29, 0.717) is 44.9 Å². The topological polar surface area (TPSA) is 99.2 Å². The van der Waals surface area contributed by atoms with E-state index < -0.39 is 5.97 Å². The summed E-state index contributed by atoms with van der Waals surface area (Å²) in [6, 6.07) is 7.28. The molecule has 1 aromatic rings. The number of ether oxygens (including phenoxy) is 1. The average molecular weight is 363 g/mol. The van der Waals surface area contributed by atoms with E-state index in [9.17, 15) is 14.4 Å². The third-order valence-electron chi connectivity index (χ3n) is 4.15. The van der Waals surface area contributed by atoms with Gasteiger partial charge in [0.25, 0.3) is 5.91 Å². The van der Waals surface area contributed by atoms with Gasteiger partial charge in [-0.3, -0.25) is 9.59 Å². The highest BCUT2D eigenvalue weighted by atomic mass is 16.5. The second-order valence-electron chi connectivity index (χ2n) is 6.20. The van der Waals surface area contributed by atoms with Crippen LogP contribution in [0.2, 0.25) is 0 Å². The van der Waals surface area contributed by atoms with Crippen LogP contribution in [0, 0.1) is 6.92 Å². The monoisotopic (exact) mass is 363 g/mol. The van der Waals surface area contributed by atoms with Gasteiger partial charge < -0.3 is 25.0 Å². The molecular formula is C18H25N3O5. The summed E-state index contributed by atoms with van der Waals surface area (Å²) in [6.45, 7) is 4.09. The van der Waals surface area contributed by atoms with Gasteiger partial charge in [0.2, 0.25) is 0 Å². The maximum Gasteiger partial charge on any atom is 0.317 e. The van der Waals surface area contributed by atoms with E-state index in [1.165, 1.54) is 0 Å². The first kappa shape index (κ1) is 19.6. The van der Waals surface area contributed by atoms with Crippen LogP contribution >= 0.6 is 0 Å². The summed E-state index contributed by atoms with van der Waals surface area (Å²) in [5.41, 5.74) is 1.13. The number of piperazine rings is 1. The van der Waals surface area contributed by atoms with Gasteiger partial charge in [-0.15, -0.1) is 0 Å². The zero-order valence-electron chi connectivity index (χ0n) is 14.9. The number of hydrogen-bond donors (Lipinski definition) is 2. The first-order valence-electron chi connectivity index (χ1n) is 8.67. The van der Waals surface area contributed by atoms with Gasteiger partial charge >= 0.3 is 12.0 Å². The van der Waals surface area contributed by atoms with E-state index in [1.807, 2.05) is 31.2 Å². The van der Waals surface area contributed by atoms with E-state index in [1.54, 1.807) is 9.80 Å². The van der Waals surface area contributed by atoms with Crippen molar-refractivity contribution in [1.82, 2.24) is 15.1 Å². The highest BCUT2D eigenvalue weighted by molar-refractivity contribution is 5.79. The maximum atomic E-state index is 12.2. The van der Waals surface area contributed by atoms with Crippen molar-refractivity contribution in [1.29, 1.82) is 0 Å². The van der Waals surface area contributed by atoms with Gasteiger partial charge in [-0.1, -0.05) is 17.7 Å². The predicted octanol–water partition coefficient (Wildman–Crippen LogP) is 1.09. The van der Waals surface area contributed by atoms with Crippen molar-refractivity contribution in [3.8, 4) is 5.75 Å². The second-order valence-corrected chi connectivity index (χ2v) is 6.20. The summed E-state index contributed by atoms with van der Waals surface area (Å²) < 4.78 is 5.50. The van der Waals surface area contributed by atoms with E-state index in [2.05, 4.69) is 5.32 Å². The van der Waals surface area contributed by atoms with Crippen molar-refractivity contribution >= 4 is 17.9 Å². The van der Waals surface area contributed by atoms with Crippen LogP contribution in [-0.4, -0.2) is 72.1 Å². The van der Waals surface area contributed by atoms with Gasteiger partial charge in [0, 0.05) is 39.1 Å². The molecule has 8 heteroatoms. The molecule has 2 N–H and O–H groups in total. The summed E-state index contributed by atoms with van der Waals surface area (Å²) in [6.07, 6.45) is 0.430. The number of aryl methyl sites for hydroxylation is 1. The summed E-state index contributed by atoms with van der Waals surface area (Å²) in [5.74, 6) is -0.324. The number of carboxylic acid groups (broad SMARTS) is 1. The Morgan fingerprint density at radius 1 is 1.08 bits per heavy atom. The number of nitrogens with one attached hydrogen (secondary N) is 1. The molecule has 26 heavy (non-hydrogen) atoms. The Bertz CT molecular complexity index is 624. The van der Waals surface area contributed by atoms with Crippen LogP contribution in [0.25, 0.3) is 0 Å². The molecule has 142 valence electrons. The molecule has 8 nitrogen and oxygen atoms in total. The van der Waals surface area contributed by atoms with Crippen molar-refractivity contribution < 1.29 is 24.2 Å². The summed E-state index contributed by atoms with van der Waals surface area (Å²) in [5, 5.41) is 11.3. The first-order chi connectivity index (χ1) is 12.5. The molecule has 1 aliphatic heterocycles. The number of carbonyl (C=O) groups is 3. The van der Waals surface area contributed by atoms with Crippen LogP contribution in [0.15, 0.2) is 24.3 Å². The van der Waals surface area contributed by atoms with Gasteiger partial charge in [0.1, 0.15) is 5.75 Å². The fraction of sp³-hybridized carbons (Fsp3) is 0.500. The van der Waals surface area contributed by atoms with E-state index in [-0.39, 0.29) is 25.0 Å². The van der Waals surface area contributed by atoms with Crippen LogP contribution in [0.5, 0.6) is 5.75 Å². The lowest BCUT2D eigenvalue weighted by molar-refractivity contribution is -0.137. The Labute approximate surface area is 152 Å². The third kappa shape index (κ3) is 6.27. The molecule has 0 aliphatic carbocycles. The predicted molar refractivity (Wildman–Crippen MR) is 95.1 cm³/mol. The minimum Gasteiger partial charge on any atom is -0.484 e. The Balaban J connectivity index is 1.66. The normalized spacial score (nSPS) is 14.0. The number of benzene rings is 1. The molecule has 1 aromatic carbocycles. The lowest BCUT2D eigenvalue weighted by Crippen LogP contribution is -2.54. The summed E-state index contributed by atoms with van der Waals surface area (Å²) in [7, 11) is 0. The summed E-state index contributed by atoms with van der Waals surface area (Å²) in [4.78, 5) is 38.0. The van der Waals surface area contributed by atoms with Crippen molar-refractivity contribution in [3.63, 3.8) is 0 Å². The molecule has 0 radical (unpaired) electrons. The van der Waals surface area contributed by atoms with Gasteiger partial charge in [0.15, 0.2) is 6.61 Å². The number of rotatable bonds is 7. The number of hydrogen-bond acceptors (Lipinski definition) is 4. The largest absolute Gasteiger partial charge is 0.484 e. The average Bonchev–Trinajstić information content (AvgIpc) is 2.64. The highest BCUT2D eigenvalue weighted by Crippen LogP contribution is 2.12. The van der Waals surface area contributed by atoms with Gasteiger partial charge in [0.05, 0.1) is 0 Å². The molecule has 0 saturated carbocycles. The number of carbonyl (C=O) groups excluding carboxylic acids is 2. The first-order valence-corrected chi connectivity index (χ1v) is 8.67. The van der Waals surface area contributed by atoms with Crippen LogP contribution in [-0.2, 0) is 9.59 Å². The smallest absolute Gasteiger partial charge is 0.317 e. The molecule has 3 amide bonds. The Morgan fingerprint density at radius 3 is 2.31 bits per heavy atom. The Hall–Kier alpha value is -2.77. The summed E-state index contributed by atoms with van der Waals surface area (Å²) >= 11 is 0. The van der Waals surface area contributed by atoms with Crippen LogP contribution in [0.1, 0.15) is 18.4 Å². The number of aliphatic carboxylic acids is 1. The molecular weight excluding hydrogens is 338 g/mol. The van der Waals surface area contributed by atoms with Gasteiger partial charge in [-0.05, 0) is 25.5 Å². The Morgan fingerprint density at radius 2 is 1.69 bits per heavy atom. The van der Waals surface area contributed by atoms with Crippen LogP contribution in [0.3, 0.4) is 0 Å². The van der Waals surface area contributed by atoms with Crippen LogP contribution < -0.4 is 10.1 Å². The number of amides is 3.